The van der Waals surface area contributed by atoms with Crippen LogP contribution < -0.4 is 15.4 Å². The molecule has 2 atom stereocenters. The van der Waals surface area contributed by atoms with E-state index in [-0.39, 0.29) is 54.8 Å². The molecule has 0 bridgehead atoms. The predicted molar refractivity (Wildman–Crippen MR) is 265 cm³/mol. The van der Waals surface area contributed by atoms with E-state index < -0.39 is 18.0 Å². The molecule has 0 spiro atoms. The zero-order valence-corrected chi connectivity index (χ0v) is 40.6. The fraction of sp³-hybridized carbons (Fsp3) is 0.365. The van der Waals surface area contributed by atoms with Gasteiger partial charge in [0, 0.05) is 39.2 Å². The fourth-order valence-corrected chi connectivity index (χ4v) is 9.94. The minimum Gasteiger partial charge on any atom is -0.508 e. The predicted octanol–water partition coefficient (Wildman–Crippen LogP) is 7.54. The molecule has 3 heterocycles. The highest BCUT2D eigenvalue weighted by Crippen LogP contribution is 2.41. The van der Waals surface area contributed by atoms with Crippen molar-refractivity contribution in [3.63, 3.8) is 0 Å². The van der Waals surface area contributed by atoms with Gasteiger partial charge in [-0.05, 0) is 109 Å². The van der Waals surface area contributed by atoms with Crippen LogP contribution in [0.1, 0.15) is 53.9 Å². The fourth-order valence-electron chi connectivity index (χ4n) is 7.89. The summed E-state index contributed by atoms with van der Waals surface area (Å²) in [5, 5.41) is 26.4. The average Bonchev–Trinajstić information content (AvgIpc) is 4.11. The van der Waals surface area contributed by atoms with Gasteiger partial charge in [0.15, 0.2) is 5.78 Å². The van der Waals surface area contributed by atoms with Crippen LogP contribution in [-0.4, -0.2) is 122 Å². The SMILES string of the molecule is Cc1ncsc1-c1ccc(CNC(=O)[C@@H]2CCCN2C(=O)C(NC(=O)COCCOCCOCCOCCOc2ccc(C(=O)c3c(-c4ccc(O)cc4)sc4cc(O)ccc34)cc2)C(C)C)cc1. The van der Waals surface area contributed by atoms with Crippen LogP contribution in [0, 0.1) is 12.8 Å². The van der Waals surface area contributed by atoms with E-state index in [0.29, 0.717) is 82.4 Å². The molecule has 3 amide bonds. The van der Waals surface area contributed by atoms with Crippen molar-refractivity contribution in [3.8, 4) is 38.1 Å². The van der Waals surface area contributed by atoms with E-state index in [4.69, 9.17) is 23.7 Å². The normalized spacial score (nSPS) is 14.0. The highest BCUT2D eigenvalue weighted by Gasteiger charge is 2.38. The number of hydrogen-bond acceptors (Lipinski definition) is 14. The van der Waals surface area contributed by atoms with Crippen LogP contribution in [-0.2, 0) is 39.9 Å². The zero-order chi connectivity index (χ0) is 48.7. The summed E-state index contributed by atoms with van der Waals surface area (Å²) in [4.78, 5) is 61.4. The van der Waals surface area contributed by atoms with Gasteiger partial charge in [0.05, 0.1) is 62.3 Å². The molecule has 1 saturated heterocycles. The topological polar surface area (TPSA) is 195 Å². The van der Waals surface area contributed by atoms with Crippen molar-refractivity contribution < 1.29 is 53.1 Å². The quantitative estimate of drug-likeness (QED) is 0.0326. The molecule has 4 N–H and O–H groups in total. The largest absolute Gasteiger partial charge is 0.508 e. The van der Waals surface area contributed by atoms with Crippen molar-refractivity contribution in [2.75, 3.05) is 66.0 Å². The third kappa shape index (κ3) is 13.7. The lowest BCUT2D eigenvalue weighted by Crippen LogP contribution is -2.55. The van der Waals surface area contributed by atoms with Crippen LogP contribution in [0.25, 0.3) is 31.0 Å². The first-order valence-electron chi connectivity index (χ1n) is 23.0. The Bertz CT molecular complexity index is 2650. The first kappa shape index (κ1) is 50.7. The molecular formula is C52H58N4O11S2. The summed E-state index contributed by atoms with van der Waals surface area (Å²) in [7, 11) is 0. The number of ketones is 1. The summed E-state index contributed by atoms with van der Waals surface area (Å²) in [6.45, 7) is 8.71. The number of nitrogens with zero attached hydrogens (tertiary/aromatic N) is 2. The Morgan fingerprint density at radius 2 is 1.39 bits per heavy atom. The van der Waals surface area contributed by atoms with E-state index in [1.807, 2.05) is 50.5 Å². The summed E-state index contributed by atoms with van der Waals surface area (Å²) in [6.07, 6.45) is 1.25. The summed E-state index contributed by atoms with van der Waals surface area (Å²) in [6, 6.07) is 25.2. The number of phenolic OH excluding ortho intramolecular Hbond substituents is 2. The highest BCUT2D eigenvalue weighted by atomic mass is 32.1. The number of carbonyl (C=O) groups is 4. The van der Waals surface area contributed by atoms with Crippen molar-refractivity contribution in [3.05, 3.63) is 119 Å². The van der Waals surface area contributed by atoms with Crippen molar-refractivity contribution in [1.29, 1.82) is 0 Å². The summed E-state index contributed by atoms with van der Waals surface area (Å²) in [5.74, 6) is -0.447. The molecule has 4 aromatic carbocycles. The van der Waals surface area contributed by atoms with Gasteiger partial charge in [-0.3, -0.25) is 19.2 Å². The maximum Gasteiger partial charge on any atom is 0.246 e. The molecule has 0 saturated carbocycles. The second kappa shape index (κ2) is 24.9. The van der Waals surface area contributed by atoms with Gasteiger partial charge in [-0.2, -0.15) is 0 Å². The van der Waals surface area contributed by atoms with E-state index in [9.17, 15) is 29.4 Å². The minimum absolute atomic E-state index is 0.118. The number of hydrogen-bond donors (Lipinski definition) is 4. The Kier molecular flexibility index (Phi) is 18.3. The third-order valence-electron chi connectivity index (χ3n) is 11.5. The number of thiazole rings is 1. The number of phenols is 2. The molecule has 2 aromatic heterocycles. The number of rotatable bonds is 25. The van der Waals surface area contributed by atoms with Crippen molar-refractivity contribution in [2.24, 2.45) is 5.92 Å². The standard InChI is InChI=1S/C52H58N4O11S2/c1-33(2)47(52(62)56-20-4-5-43(56)51(61)53-30-35-6-8-37(9-7-35)49-34(3)54-32-68-49)55-45(59)31-66-26-25-64-22-21-63-23-24-65-27-28-67-41-17-12-36(13-18-41)48(60)46-42-19-16-40(58)29-44(42)69-50(46)38-10-14-39(57)15-11-38/h6-19,29,32-33,43,47,57-58H,4-5,20-28,30-31H2,1-3H3,(H,53,61)(H,55,59)/t43-,47?/m0/s1. The Labute approximate surface area is 409 Å². The molecule has 1 aliphatic heterocycles. The summed E-state index contributed by atoms with van der Waals surface area (Å²) in [5.41, 5.74) is 6.65. The molecule has 7 rings (SSSR count). The van der Waals surface area contributed by atoms with Crippen LogP contribution in [0.5, 0.6) is 17.2 Å². The number of carbonyl (C=O) groups excluding carboxylic acids is 4. The second-order valence-corrected chi connectivity index (χ2v) is 18.7. The number of aryl methyl sites for hydroxylation is 1. The van der Waals surface area contributed by atoms with Crippen LogP contribution in [0.2, 0.25) is 0 Å². The number of likely N-dealkylation sites (tertiary alicyclic amines) is 1. The Morgan fingerprint density at radius 1 is 0.768 bits per heavy atom. The van der Waals surface area contributed by atoms with Crippen molar-refractivity contribution in [2.45, 2.75) is 52.2 Å². The van der Waals surface area contributed by atoms with Gasteiger partial charge < -0.3 is 49.4 Å². The van der Waals surface area contributed by atoms with Gasteiger partial charge in [-0.1, -0.05) is 38.1 Å². The van der Waals surface area contributed by atoms with Crippen molar-refractivity contribution >= 4 is 56.3 Å². The zero-order valence-electron chi connectivity index (χ0n) is 38.9. The molecule has 15 nitrogen and oxygen atoms in total. The van der Waals surface area contributed by atoms with Crippen molar-refractivity contribution in [1.82, 2.24) is 20.5 Å². The summed E-state index contributed by atoms with van der Waals surface area (Å²) >= 11 is 3.00. The molecule has 1 unspecified atom stereocenters. The molecule has 0 radical (unpaired) electrons. The van der Waals surface area contributed by atoms with Gasteiger partial charge in [-0.15, -0.1) is 22.7 Å². The molecule has 1 fully saturated rings. The van der Waals surface area contributed by atoms with E-state index in [2.05, 4.69) is 15.6 Å². The third-order valence-corrected chi connectivity index (χ3v) is 13.7. The van der Waals surface area contributed by atoms with E-state index >= 15 is 0 Å². The molecule has 1 aliphatic rings. The molecule has 0 aliphatic carbocycles. The van der Waals surface area contributed by atoms with Gasteiger partial charge in [0.2, 0.25) is 17.7 Å². The number of thiophene rings is 1. The van der Waals surface area contributed by atoms with Crippen LogP contribution >= 0.6 is 22.7 Å². The lowest BCUT2D eigenvalue weighted by molar-refractivity contribution is -0.143. The molecule has 17 heteroatoms. The number of aromatic hydroxyl groups is 2. The number of ether oxygens (including phenoxy) is 5. The molecular weight excluding hydrogens is 921 g/mol. The molecule has 69 heavy (non-hydrogen) atoms. The lowest BCUT2D eigenvalue weighted by Gasteiger charge is -2.30. The number of aromatic nitrogens is 1. The number of fused-ring (bicyclic) bond motifs is 1. The van der Waals surface area contributed by atoms with Gasteiger partial charge >= 0.3 is 0 Å². The second-order valence-electron chi connectivity index (χ2n) is 16.8. The maximum atomic E-state index is 13.8. The van der Waals surface area contributed by atoms with Gasteiger partial charge in [0.25, 0.3) is 0 Å². The Morgan fingerprint density at radius 3 is 2.04 bits per heavy atom. The first-order valence-corrected chi connectivity index (χ1v) is 24.7. The first-order chi connectivity index (χ1) is 33.5. The van der Waals surface area contributed by atoms with Gasteiger partial charge in [-0.25, -0.2) is 4.98 Å². The smallest absolute Gasteiger partial charge is 0.246 e. The van der Waals surface area contributed by atoms with E-state index in [1.54, 1.807) is 83.0 Å². The Balaban J connectivity index is 0.721. The lowest BCUT2D eigenvalue weighted by atomic mass is 9.97. The monoisotopic (exact) mass is 978 g/mol. The Hall–Kier alpha value is -6.21. The van der Waals surface area contributed by atoms with Crippen LogP contribution in [0.15, 0.2) is 96.5 Å². The number of amides is 3. The van der Waals surface area contributed by atoms with Crippen LogP contribution in [0.4, 0.5) is 0 Å². The molecule has 364 valence electrons. The van der Waals surface area contributed by atoms with E-state index in [1.165, 1.54) is 11.3 Å². The highest BCUT2D eigenvalue weighted by molar-refractivity contribution is 7.22. The van der Waals surface area contributed by atoms with Gasteiger partial charge in [0.1, 0.15) is 42.5 Å². The summed E-state index contributed by atoms with van der Waals surface area (Å²) < 4.78 is 28.9. The van der Waals surface area contributed by atoms with Crippen LogP contribution in [0.3, 0.4) is 0 Å². The number of nitrogens with one attached hydrogen (secondary N) is 2. The number of benzene rings is 4. The molecule has 6 aromatic rings. The maximum absolute atomic E-state index is 13.8. The van der Waals surface area contributed by atoms with E-state index in [0.717, 1.165) is 42.2 Å². The average molecular weight is 979 g/mol. The minimum atomic E-state index is -0.801.